The van der Waals surface area contributed by atoms with Gasteiger partial charge in [-0.2, -0.15) is 0 Å². The molecule has 0 aliphatic carbocycles. The minimum Gasteiger partial charge on any atom is -0.497 e. The zero-order valence-corrected chi connectivity index (χ0v) is 39.8. The van der Waals surface area contributed by atoms with E-state index in [-0.39, 0.29) is 60.9 Å². The van der Waals surface area contributed by atoms with Crippen LogP contribution in [0.15, 0.2) is 160 Å². The number of nitrogens with zero attached hydrogens (tertiary/aromatic N) is 4. The molecule has 0 fully saturated rings. The summed E-state index contributed by atoms with van der Waals surface area (Å²) in [4.78, 5) is 17.5. The zero-order chi connectivity index (χ0) is 42.3. The maximum Gasteiger partial charge on any atom is 0.488 e. The van der Waals surface area contributed by atoms with Crippen molar-refractivity contribution in [3.05, 3.63) is 183 Å². The van der Waals surface area contributed by atoms with E-state index in [1.165, 1.54) is 6.07 Å². The largest absolute Gasteiger partial charge is 0.497 e. The summed E-state index contributed by atoms with van der Waals surface area (Å²) in [5.41, 5.74) is 8.57. The lowest BCUT2D eigenvalue weighted by Crippen LogP contribution is -2.30. The van der Waals surface area contributed by atoms with Gasteiger partial charge in [-0.1, -0.05) is 52.3 Å². The van der Waals surface area contributed by atoms with E-state index in [9.17, 15) is 8.78 Å². The molecule has 336 valence electrons. The Kier molecular flexibility index (Phi) is 24.2. The van der Waals surface area contributed by atoms with Crippen molar-refractivity contribution in [2.75, 3.05) is 27.3 Å². The Labute approximate surface area is 406 Å². The van der Waals surface area contributed by atoms with Crippen LogP contribution in [0, 0.1) is 11.6 Å². The third-order valence-electron chi connectivity index (χ3n) is 9.68. The third-order valence-corrected chi connectivity index (χ3v) is 10.2. The molecule has 8 nitrogen and oxygen atoms in total. The highest BCUT2D eigenvalue weighted by atomic mass is 79.9. The van der Waals surface area contributed by atoms with Gasteiger partial charge in [0.05, 0.1) is 25.6 Å². The lowest BCUT2D eigenvalue weighted by atomic mass is 9.80. The minimum atomic E-state index is -1.67. The molecule has 0 saturated heterocycles. The Bertz CT molecular complexity index is 2490. The Morgan fingerprint density at radius 1 is 0.578 bits per heavy atom. The Balaban J connectivity index is 0.000000354. The maximum atomic E-state index is 14.8. The summed E-state index contributed by atoms with van der Waals surface area (Å²) in [5.74, 6) is 0.944. The van der Waals surface area contributed by atoms with Gasteiger partial charge < -0.3 is 19.5 Å². The maximum absolute atomic E-state index is 14.8. The number of benzene rings is 4. The molecule has 0 saturated carbocycles. The highest BCUT2D eigenvalue weighted by molar-refractivity contribution is 9.10. The average molecular weight is 1020 g/mol. The van der Waals surface area contributed by atoms with Crippen LogP contribution in [0.5, 0.6) is 11.5 Å². The standard InChI is InChI=1S/C24H21FN2O.C17H16BFN2O2.C7H7BrO.4ClH/c1-28-22-10-8-17(9-11-22)18-6-7-19(23(25)15-18)14-20-4-3-13-27-24(20)21-5-2-12-26-16-21;19-16-10-15(18(22)23)6-5-12(16)9-13-3-2-8-21-17(13)14-4-1-7-20-11-14;1-9-7-4-2-6(8)3-5-7;;;;/h2,5-12,14-16H,3-4,13H2,1H3;1,4-7,9-11,22-23H,2-3,8H2;2-5H,1H3;4*1H/b20-14+;13-9+;;;;;. The van der Waals surface area contributed by atoms with Gasteiger partial charge in [-0.05, 0) is 138 Å². The number of aliphatic imine (C=N–C) groups is 2. The van der Waals surface area contributed by atoms with Gasteiger partial charge in [0, 0.05) is 64.6 Å². The van der Waals surface area contributed by atoms with E-state index in [1.54, 1.807) is 57.2 Å². The van der Waals surface area contributed by atoms with Crippen molar-refractivity contribution >= 4 is 102 Å². The van der Waals surface area contributed by atoms with Crippen LogP contribution in [0.4, 0.5) is 8.78 Å². The number of methoxy groups -OCH3 is 2. The second kappa shape index (κ2) is 28.1. The first-order chi connectivity index (χ1) is 29.2. The Hall–Kier alpha value is -4.92. The van der Waals surface area contributed by atoms with Crippen LogP contribution in [0.3, 0.4) is 0 Å². The van der Waals surface area contributed by atoms with Crippen LogP contribution in [-0.4, -0.2) is 65.9 Å². The molecule has 2 N–H and O–H groups in total. The number of allylic oxidation sites excluding steroid dienone is 2. The Morgan fingerprint density at radius 3 is 1.45 bits per heavy atom. The summed E-state index contributed by atoms with van der Waals surface area (Å²) in [6.07, 6.45) is 14.3. The normalized spacial score (nSPS) is 13.9. The molecule has 2 aromatic heterocycles. The van der Waals surface area contributed by atoms with Crippen molar-refractivity contribution in [2.24, 2.45) is 9.98 Å². The first-order valence-corrected chi connectivity index (χ1v) is 20.2. The van der Waals surface area contributed by atoms with E-state index >= 15 is 0 Å². The van der Waals surface area contributed by atoms with Gasteiger partial charge >= 0.3 is 7.12 Å². The fourth-order valence-electron chi connectivity index (χ4n) is 6.58. The molecular formula is C48H48BBrCl4F2N4O4. The van der Waals surface area contributed by atoms with Crippen molar-refractivity contribution in [1.82, 2.24) is 9.97 Å². The molecule has 8 rings (SSSR count). The van der Waals surface area contributed by atoms with E-state index in [0.717, 1.165) is 106 Å². The van der Waals surface area contributed by atoms with Crippen molar-refractivity contribution < 1.29 is 28.3 Å². The minimum absolute atomic E-state index is 0. The average Bonchev–Trinajstić information content (AvgIpc) is 3.29. The van der Waals surface area contributed by atoms with Gasteiger partial charge in [0.2, 0.25) is 0 Å². The lowest BCUT2D eigenvalue weighted by Gasteiger charge is -2.16. The number of ether oxygens (including phenoxy) is 2. The van der Waals surface area contributed by atoms with Crippen LogP contribution in [0.1, 0.15) is 47.9 Å². The van der Waals surface area contributed by atoms with Crippen molar-refractivity contribution in [3.8, 4) is 22.6 Å². The summed E-state index contributed by atoms with van der Waals surface area (Å²) in [7, 11) is 1.61. The van der Waals surface area contributed by atoms with E-state index in [4.69, 9.17) is 19.5 Å². The molecule has 16 heteroatoms. The van der Waals surface area contributed by atoms with Gasteiger partial charge in [0.25, 0.3) is 0 Å². The number of pyridine rings is 2. The van der Waals surface area contributed by atoms with Crippen LogP contribution in [-0.2, 0) is 0 Å². The molecule has 64 heavy (non-hydrogen) atoms. The van der Waals surface area contributed by atoms with Crippen molar-refractivity contribution in [3.63, 3.8) is 0 Å². The monoisotopic (exact) mass is 1010 g/mol. The first kappa shape index (κ1) is 55.2. The molecule has 0 radical (unpaired) electrons. The van der Waals surface area contributed by atoms with Gasteiger partial charge in [0.1, 0.15) is 23.1 Å². The fraction of sp³-hybridized carbons (Fsp3) is 0.167. The molecule has 2 aliphatic heterocycles. The second-order valence-electron chi connectivity index (χ2n) is 13.8. The topological polar surface area (TPSA) is 109 Å². The van der Waals surface area contributed by atoms with E-state index < -0.39 is 12.9 Å². The number of aromatic nitrogens is 2. The van der Waals surface area contributed by atoms with E-state index in [1.807, 2.05) is 91.0 Å². The molecule has 0 amide bonds. The van der Waals surface area contributed by atoms with E-state index in [2.05, 4.69) is 35.9 Å². The molecule has 4 heterocycles. The zero-order valence-electron chi connectivity index (χ0n) is 34.9. The summed E-state index contributed by atoms with van der Waals surface area (Å²) in [6.45, 7) is 1.54. The molecule has 0 spiro atoms. The molecule has 0 unspecified atom stereocenters. The second-order valence-corrected chi connectivity index (χ2v) is 14.7. The van der Waals surface area contributed by atoms with Crippen LogP contribution >= 0.6 is 65.6 Å². The molecule has 2 aliphatic rings. The van der Waals surface area contributed by atoms with Gasteiger partial charge in [-0.25, -0.2) is 8.78 Å². The molecule has 0 bridgehead atoms. The summed E-state index contributed by atoms with van der Waals surface area (Å²) in [5, 5.41) is 18.2. The summed E-state index contributed by atoms with van der Waals surface area (Å²) < 4.78 is 40.2. The highest BCUT2D eigenvalue weighted by Gasteiger charge is 2.18. The van der Waals surface area contributed by atoms with Gasteiger partial charge in [-0.15, -0.1) is 49.6 Å². The summed E-state index contributed by atoms with van der Waals surface area (Å²) in [6, 6.07) is 32.5. The number of rotatable bonds is 8. The van der Waals surface area contributed by atoms with Gasteiger partial charge in [-0.3, -0.25) is 20.0 Å². The molecular weight excluding hydrogens is 967 g/mol. The molecule has 4 aromatic carbocycles. The Morgan fingerprint density at radius 2 is 1.03 bits per heavy atom. The first-order valence-electron chi connectivity index (χ1n) is 19.4. The predicted molar refractivity (Wildman–Crippen MR) is 270 cm³/mol. The number of hydrogen-bond donors (Lipinski definition) is 2. The third kappa shape index (κ3) is 15.7. The SMILES string of the molecule is COc1ccc(-c2ccc(/C=C3\CCCN=C3c3cccnc3)c(F)c2)cc1.COc1ccc(Br)cc1.Cl.Cl.Cl.Cl.OB(O)c1ccc(/C=C2\CCCN=C2c2cccnc2)c(F)c1. The molecule has 0 atom stereocenters. The highest BCUT2D eigenvalue weighted by Crippen LogP contribution is 2.28. The van der Waals surface area contributed by atoms with Crippen molar-refractivity contribution in [2.45, 2.75) is 25.7 Å². The summed E-state index contributed by atoms with van der Waals surface area (Å²) >= 11 is 3.32. The number of hydrogen-bond acceptors (Lipinski definition) is 8. The van der Waals surface area contributed by atoms with Crippen LogP contribution in [0.25, 0.3) is 23.3 Å². The quantitative estimate of drug-likeness (QED) is 0.147. The van der Waals surface area contributed by atoms with Gasteiger partial charge in [0.15, 0.2) is 0 Å². The van der Waals surface area contributed by atoms with Crippen LogP contribution in [0.2, 0.25) is 0 Å². The number of halogens is 7. The van der Waals surface area contributed by atoms with Crippen molar-refractivity contribution in [1.29, 1.82) is 0 Å². The lowest BCUT2D eigenvalue weighted by molar-refractivity contribution is 0.414. The van der Waals surface area contributed by atoms with E-state index in [0.29, 0.717) is 11.1 Å². The van der Waals surface area contributed by atoms with Crippen LogP contribution < -0.4 is 14.9 Å². The fourth-order valence-corrected chi connectivity index (χ4v) is 6.84. The predicted octanol–water partition coefficient (Wildman–Crippen LogP) is 11.3. The smallest absolute Gasteiger partial charge is 0.488 e. The molecule has 6 aromatic rings.